The Kier molecular flexibility index (Phi) is 5.65. The Hall–Kier alpha value is -1.89. The molecule has 0 amide bonds. The van der Waals surface area contributed by atoms with E-state index in [1.165, 1.54) is 6.26 Å². The van der Waals surface area contributed by atoms with Gasteiger partial charge in [-0.1, -0.05) is 24.3 Å². The van der Waals surface area contributed by atoms with Crippen LogP contribution in [0.2, 0.25) is 0 Å². The van der Waals surface area contributed by atoms with E-state index < -0.39 is 15.9 Å². The van der Waals surface area contributed by atoms with Crippen molar-refractivity contribution in [3.8, 4) is 5.75 Å². The van der Waals surface area contributed by atoms with Gasteiger partial charge in [0, 0.05) is 25.3 Å². The van der Waals surface area contributed by atoms with Crippen LogP contribution in [-0.4, -0.2) is 51.0 Å². The third-order valence-corrected chi connectivity index (χ3v) is 6.07. The van der Waals surface area contributed by atoms with Crippen molar-refractivity contribution in [3.05, 3.63) is 59.7 Å². The van der Waals surface area contributed by atoms with Crippen LogP contribution in [-0.2, 0) is 16.4 Å². The standard InChI is InChI=1S/C20H25NO4S/c1-25-17-5-3-4-16(12-17)19-10-11-21(14-20(19)22)13-15-6-8-18(9-7-15)26(2,23)24/h3-9,12,19-20,22H,10-11,13-14H2,1-2H3/t19-,20+/m0/s1. The maximum atomic E-state index is 11.5. The first-order valence-electron chi connectivity index (χ1n) is 8.70. The molecule has 2 atom stereocenters. The summed E-state index contributed by atoms with van der Waals surface area (Å²) in [7, 11) is -1.52. The lowest BCUT2D eigenvalue weighted by Gasteiger charge is -2.36. The largest absolute Gasteiger partial charge is 0.497 e. The second-order valence-corrected chi connectivity index (χ2v) is 8.91. The molecular weight excluding hydrogens is 350 g/mol. The quantitative estimate of drug-likeness (QED) is 0.870. The molecule has 1 N–H and O–H groups in total. The molecule has 26 heavy (non-hydrogen) atoms. The maximum absolute atomic E-state index is 11.5. The first-order chi connectivity index (χ1) is 12.4. The van der Waals surface area contributed by atoms with E-state index in [9.17, 15) is 13.5 Å². The molecule has 0 saturated carbocycles. The molecular formula is C20H25NO4S. The minimum atomic E-state index is -3.17. The molecule has 0 bridgehead atoms. The first kappa shape index (κ1) is 18.9. The van der Waals surface area contributed by atoms with E-state index in [1.807, 2.05) is 36.4 Å². The van der Waals surface area contributed by atoms with Gasteiger partial charge in [0.1, 0.15) is 5.75 Å². The Bertz CT molecular complexity index is 848. The Morgan fingerprint density at radius 1 is 1.19 bits per heavy atom. The molecule has 6 heteroatoms. The van der Waals surface area contributed by atoms with Crippen molar-refractivity contribution in [2.75, 3.05) is 26.5 Å². The van der Waals surface area contributed by atoms with Crippen LogP contribution < -0.4 is 4.74 Å². The molecule has 5 nitrogen and oxygen atoms in total. The van der Waals surface area contributed by atoms with Crippen LogP contribution in [0.4, 0.5) is 0 Å². The van der Waals surface area contributed by atoms with Crippen molar-refractivity contribution in [2.24, 2.45) is 0 Å². The third kappa shape index (κ3) is 4.44. The summed E-state index contributed by atoms with van der Waals surface area (Å²) in [6.07, 6.45) is 1.64. The average Bonchev–Trinajstić information content (AvgIpc) is 2.61. The van der Waals surface area contributed by atoms with Crippen LogP contribution in [0.5, 0.6) is 5.75 Å². The van der Waals surface area contributed by atoms with Crippen molar-refractivity contribution >= 4 is 9.84 Å². The SMILES string of the molecule is COc1cccc([C@@H]2CCN(Cc3ccc(S(C)(=O)=O)cc3)C[C@H]2O)c1. The van der Waals surface area contributed by atoms with Gasteiger partial charge in [0.25, 0.3) is 0 Å². The zero-order valence-electron chi connectivity index (χ0n) is 15.1. The van der Waals surface area contributed by atoms with E-state index in [1.54, 1.807) is 19.2 Å². The molecule has 0 spiro atoms. The van der Waals surface area contributed by atoms with E-state index in [4.69, 9.17) is 4.74 Å². The van der Waals surface area contributed by atoms with Crippen LogP contribution in [0.25, 0.3) is 0 Å². The fourth-order valence-corrected chi connectivity index (χ4v) is 4.13. The van der Waals surface area contributed by atoms with Gasteiger partial charge >= 0.3 is 0 Å². The molecule has 0 aromatic heterocycles. The van der Waals surface area contributed by atoms with Crippen molar-refractivity contribution in [1.29, 1.82) is 0 Å². The first-order valence-corrected chi connectivity index (χ1v) is 10.6. The Balaban J connectivity index is 1.63. The summed E-state index contributed by atoms with van der Waals surface area (Å²) in [6.45, 7) is 2.18. The number of benzene rings is 2. The van der Waals surface area contributed by atoms with Gasteiger partial charge in [0.2, 0.25) is 0 Å². The summed E-state index contributed by atoms with van der Waals surface area (Å²) >= 11 is 0. The number of likely N-dealkylation sites (tertiary alicyclic amines) is 1. The van der Waals surface area contributed by atoms with Crippen molar-refractivity contribution in [2.45, 2.75) is 29.9 Å². The third-order valence-electron chi connectivity index (χ3n) is 4.95. The maximum Gasteiger partial charge on any atom is 0.175 e. The lowest BCUT2D eigenvalue weighted by molar-refractivity contribution is 0.0476. The number of hydrogen-bond donors (Lipinski definition) is 1. The van der Waals surface area contributed by atoms with Gasteiger partial charge in [-0.15, -0.1) is 0 Å². The van der Waals surface area contributed by atoms with Crippen molar-refractivity contribution < 1.29 is 18.3 Å². The predicted octanol–water partition coefficient (Wildman–Crippen LogP) is 2.45. The number of aliphatic hydroxyl groups excluding tert-OH is 1. The van der Waals surface area contributed by atoms with Gasteiger partial charge in [-0.3, -0.25) is 4.90 Å². The summed E-state index contributed by atoms with van der Waals surface area (Å²) in [6, 6.07) is 14.9. The Morgan fingerprint density at radius 3 is 2.54 bits per heavy atom. The van der Waals surface area contributed by atoms with E-state index in [2.05, 4.69) is 4.90 Å². The van der Waals surface area contributed by atoms with Crippen LogP contribution >= 0.6 is 0 Å². The van der Waals surface area contributed by atoms with Gasteiger partial charge in [-0.2, -0.15) is 0 Å². The molecule has 3 rings (SSSR count). The molecule has 1 heterocycles. The lowest BCUT2D eigenvalue weighted by atomic mass is 9.87. The minimum absolute atomic E-state index is 0.106. The van der Waals surface area contributed by atoms with Crippen LogP contribution in [0.3, 0.4) is 0 Å². The predicted molar refractivity (Wildman–Crippen MR) is 101 cm³/mol. The Morgan fingerprint density at radius 2 is 1.92 bits per heavy atom. The van der Waals surface area contributed by atoms with Crippen molar-refractivity contribution in [3.63, 3.8) is 0 Å². The van der Waals surface area contributed by atoms with E-state index in [-0.39, 0.29) is 5.92 Å². The molecule has 1 aliphatic rings. The summed E-state index contributed by atoms with van der Waals surface area (Å²) in [5, 5.41) is 10.6. The summed E-state index contributed by atoms with van der Waals surface area (Å²) in [5.41, 5.74) is 2.15. The number of hydrogen-bond acceptors (Lipinski definition) is 5. The summed E-state index contributed by atoms with van der Waals surface area (Å²) in [5.74, 6) is 0.914. The number of rotatable bonds is 5. The highest BCUT2D eigenvalue weighted by atomic mass is 32.2. The summed E-state index contributed by atoms with van der Waals surface area (Å²) < 4.78 is 28.4. The number of β-amino-alcohol motifs (C(OH)–C–C–N with tert-alkyl or cyclic N) is 1. The molecule has 140 valence electrons. The monoisotopic (exact) mass is 375 g/mol. The molecule has 0 unspecified atom stereocenters. The molecule has 1 aliphatic heterocycles. The second kappa shape index (κ2) is 7.78. The summed E-state index contributed by atoms with van der Waals surface area (Å²) in [4.78, 5) is 2.54. The van der Waals surface area contributed by atoms with Gasteiger partial charge in [0.05, 0.1) is 18.1 Å². The fraction of sp³-hybridized carbons (Fsp3) is 0.400. The second-order valence-electron chi connectivity index (χ2n) is 6.89. The number of methoxy groups -OCH3 is 1. The zero-order chi connectivity index (χ0) is 18.7. The average molecular weight is 375 g/mol. The van der Waals surface area contributed by atoms with Crippen LogP contribution in [0.15, 0.2) is 53.4 Å². The highest BCUT2D eigenvalue weighted by Crippen LogP contribution is 2.31. The smallest absolute Gasteiger partial charge is 0.175 e. The highest BCUT2D eigenvalue weighted by molar-refractivity contribution is 7.90. The van der Waals surface area contributed by atoms with Gasteiger partial charge < -0.3 is 9.84 Å². The normalized spacial score (nSPS) is 21.5. The van der Waals surface area contributed by atoms with E-state index >= 15 is 0 Å². The molecule has 0 aliphatic carbocycles. The molecule has 2 aromatic carbocycles. The van der Waals surface area contributed by atoms with Crippen LogP contribution in [0.1, 0.15) is 23.5 Å². The highest BCUT2D eigenvalue weighted by Gasteiger charge is 2.29. The van der Waals surface area contributed by atoms with E-state index in [0.29, 0.717) is 18.0 Å². The molecule has 2 aromatic rings. The van der Waals surface area contributed by atoms with Gasteiger partial charge in [-0.05, 0) is 48.4 Å². The van der Waals surface area contributed by atoms with Crippen molar-refractivity contribution in [1.82, 2.24) is 4.90 Å². The Labute approximate surface area is 155 Å². The molecule has 0 radical (unpaired) electrons. The number of sulfone groups is 1. The lowest BCUT2D eigenvalue weighted by Crippen LogP contribution is -2.42. The van der Waals surface area contributed by atoms with Crippen LogP contribution in [0, 0.1) is 0 Å². The number of piperidine rings is 1. The number of aliphatic hydroxyl groups is 1. The number of ether oxygens (including phenoxy) is 1. The van der Waals surface area contributed by atoms with Gasteiger partial charge in [-0.25, -0.2) is 8.42 Å². The minimum Gasteiger partial charge on any atom is -0.497 e. The van der Waals surface area contributed by atoms with Gasteiger partial charge in [0.15, 0.2) is 9.84 Å². The molecule has 1 saturated heterocycles. The number of nitrogens with zero attached hydrogens (tertiary/aromatic N) is 1. The topological polar surface area (TPSA) is 66.8 Å². The zero-order valence-corrected chi connectivity index (χ0v) is 15.9. The fourth-order valence-electron chi connectivity index (χ4n) is 3.50. The molecule has 1 fully saturated rings. The van der Waals surface area contributed by atoms with E-state index in [0.717, 1.165) is 29.8 Å².